The van der Waals surface area contributed by atoms with Crippen molar-refractivity contribution in [3.63, 3.8) is 0 Å². The van der Waals surface area contributed by atoms with Crippen molar-refractivity contribution in [2.75, 3.05) is 11.1 Å². The lowest BCUT2D eigenvalue weighted by Crippen LogP contribution is -2.23. The lowest BCUT2D eigenvalue weighted by molar-refractivity contribution is -0.115. The van der Waals surface area contributed by atoms with E-state index in [-0.39, 0.29) is 17.3 Å². The van der Waals surface area contributed by atoms with E-state index in [1.54, 1.807) is 23.9 Å². The molecule has 0 spiro atoms. The van der Waals surface area contributed by atoms with Crippen molar-refractivity contribution in [1.29, 1.82) is 0 Å². The summed E-state index contributed by atoms with van der Waals surface area (Å²) in [6, 6.07) is 12.5. The van der Waals surface area contributed by atoms with Gasteiger partial charge in [-0.2, -0.15) is 0 Å². The molecule has 1 heterocycles. The molecule has 2 aromatic rings. The largest absolute Gasteiger partial charge is 0.325 e. The minimum Gasteiger partial charge on any atom is -0.325 e. The van der Waals surface area contributed by atoms with Crippen LogP contribution in [-0.4, -0.2) is 20.1 Å². The fraction of sp³-hybridized carbons (Fsp3) is 0.235. The Kier molecular flexibility index (Phi) is 4.93. The van der Waals surface area contributed by atoms with Crippen molar-refractivity contribution in [1.82, 2.24) is 4.72 Å². The molecule has 0 saturated carbocycles. The zero-order valence-electron chi connectivity index (χ0n) is 13.2. The van der Waals surface area contributed by atoms with Crippen LogP contribution in [-0.2, 0) is 21.4 Å². The van der Waals surface area contributed by atoms with Crippen molar-refractivity contribution >= 4 is 33.4 Å². The molecular formula is C17H18N2O3S2. The molecule has 7 heteroatoms. The predicted octanol–water partition coefficient (Wildman–Crippen LogP) is 2.91. The average Bonchev–Trinajstić information content (AvgIpc) is 2.73. The van der Waals surface area contributed by atoms with Gasteiger partial charge in [-0.25, -0.2) is 13.1 Å². The van der Waals surface area contributed by atoms with E-state index in [1.807, 2.05) is 31.2 Å². The quantitative estimate of drug-likeness (QED) is 0.877. The number of amides is 1. The van der Waals surface area contributed by atoms with Crippen LogP contribution in [0.5, 0.6) is 0 Å². The van der Waals surface area contributed by atoms with Crippen LogP contribution in [0.3, 0.4) is 0 Å². The summed E-state index contributed by atoms with van der Waals surface area (Å²) < 4.78 is 27.6. The Morgan fingerprint density at radius 1 is 1.21 bits per heavy atom. The fourth-order valence-corrected chi connectivity index (χ4v) is 4.43. The van der Waals surface area contributed by atoms with Gasteiger partial charge in [-0.05, 0) is 30.7 Å². The van der Waals surface area contributed by atoms with Crippen molar-refractivity contribution in [3.05, 3.63) is 53.6 Å². The maximum Gasteiger partial charge on any atom is 0.240 e. The standard InChI is InChI=1S/C17H18N2O3S2/c1-12-3-2-4-13(9-12)11-18-24(21,22)14-5-6-16-15(10-14)19-17(20)7-8-23-16/h2-6,9-10,18H,7-8,11H2,1H3,(H,19,20). The van der Waals surface area contributed by atoms with Crippen LogP contribution in [0.15, 0.2) is 52.3 Å². The van der Waals surface area contributed by atoms with E-state index in [4.69, 9.17) is 0 Å². The smallest absolute Gasteiger partial charge is 0.240 e. The van der Waals surface area contributed by atoms with E-state index in [0.717, 1.165) is 16.0 Å². The Bertz CT molecular complexity index is 879. The first-order chi connectivity index (χ1) is 11.4. The molecular weight excluding hydrogens is 344 g/mol. The number of hydrogen-bond donors (Lipinski definition) is 2. The normalized spacial score (nSPS) is 14.6. The second kappa shape index (κ2) is 6.96. The van der Waals surface area contributed by atoms with Gasteiger partial charge in [0.1, 0.15) is 0 Å². The van der Waals surface area contributed by atoms with Crippen LogP contribution < -0.4 is 10.0 Å². The number of fused-ring (bicyclic) bond motifs is 1. The van der Waals surface area contributed by atoms with Gasteiger partial charge in [0.05, 0.1) is 10.6 Å². The highest BCUT2D eigenvalue weighted by Crippen LogP contribution is 2.32. The van der Waals surface area contributed by atoms with Gasteiger partial charge in [-0.15, -0.1) is 11.8 Å². The van der Waals surface area contributed by atoms with Crippen LogP contribution in [0, 0.1) is 6.92 Å². The highest BCUT2D eigenvalue weighted by Gasteiger charge is 2.19. The highest BCUT2D eigenvalue weighted by atomic mass is 32.2. The van der Waals surface area contributed by atoms with Crippen LogP contribution in [0.4, 0.5) is 5.69 Å². The Hall–Kier alpha value is -1.83. The number of aryl methyl sites for hydroxylation is 1. The summed E-state index contributed by atoms with van der Waals surface area (Å²) in [5, 5.41) is 2.76. The summed E-state index contributed by atoms with van der Waals surface area (Å²) in [7, 11) is -3.64. The second-order valence-electron chi connectivity index (χ2n) is 5.62. The molecule has 0 atom stereocenters. The summed E-state index contributed by atoms with van der Waals surface area (Å²) in [5.41, 5.74) is 2.54. The van der Waals surface area contributed by atoms with Crippen molar-refractivity contribution in [3.8, 4) is 0 Å². The Morgan fingerprint density at radius 2 is 2.04 bits per heavy atom. The Balaban J connectivity index is 1.81. The molecule has 0 saturated heterocycles. The summed E-state index contributed by atoms with van der Waals surface area (Å²) in [5.74, 6) is 0.597. The summed E-state index contributed by atoms with van der Waals surface area (Å²) in [6.07, 6.45) is 0.424. The number of rotatable bonds is 4. The first-order valence-electron chi connectivity index (χ1n) is 7.56. The zero-order chi connectivity index (χ0) is 17.2. The monoisotopic (exact) mass is 362 g/mol. The fourth-order valence-electron chi connectivity index (χ4n) is 2.45. The summed E-state index contributed by atoms with van der Waals surface area (Å²) in [6.45, 7) is 2.19. The van der Waals surface area contributed by atoms with Gasteiger partial charge in [0, 0.05) is 23.6 Å². The highest BCUT2D eigenvalue weighted by molar-refractivity contribution is 7.99. The van der Waals surface area contributed by atoms with E-state index in [0.29, 0.717) is 17.9 Å². The number of hydrogen-bond acceptors (Lipinski definition) is 4. The van der Waals surface area contributed by atoms with Gasteiger partial charge in [-0.1, -0.05) is 29.8 Å². The van der Waals surface area contributed by atoms with E-state index in [9.17, 15) is 13.2 Å². The minimum absolute atomic E-state index is 0.0940. The number of carbonyl (C=O) groups is 1. The molecule has 126 valence electrons. The first-order valence-corrected chi connectivity index (χ1v) is 10.0. The lowest BCUT2D eigenvalue weighted by Gasteiger charge is -2.11. The van der Waals surface area contributed by atoms with Gasteiger partial charge in [0.2, 0.25) is 15.9 Å². The number of thioether (sulfide) groups is 1. The third kappa shape index (κ3) is 3.98. The molecule has 0 bridgehead atoms. The molecule has 1 amide bonds. The van der Waals surface area contributed by atoms with Crippen molar-refractivity contribution in [2.45, 2.75) is 29.7 Å². The van der Waals surface area contributed by atoms with Crippen LogP contribution in [0.25, 0.3) is 0 Å². The summed E-state index contributed by atoms with van der Waals surface area (Å²) >= 11 is 1.55. The third-order valence-electron chi connectivity index (χ3n) is 3.67. The average molecular weight is 362 g/mol. The maximum absolute atomic E-state index is 12.5. The third-order valence-corrected chi connectivity index (χ3v) is 6.15. The van der Waals surface area contributed by atoms with Crippen LogP contribution >= 0.6 is 11.8 Å². The molecule has 0 radical (unpaired) electrons. The lowest BCUT2D eigenvalue weighted by atomic mass is 10.1. The number of nitrogens with one attached hydrogen (secondary N) is 2. The number of sulfonamides is 1. The maximum atomic E-state index is 12.5. The molecule has 5 nitrogen and oxygen atoms in total. The van der Waals surface area contributed by atoms with Gasteiger partial charge < -0.3 is 5.32 Å². The van der Waals surface area contributed by atoms with Gasteiger partial charge in [0.25, 0.3) is 0 Å². The van der Waals surface area contributed by atoms with Crippen LogP contribution in [0.2, 0.25) is 0 Å². The molecule has 1 aliphatic heterocycles. The summed E-state index contributed by atoms with van der Waals surface area (Å²) in [4.78, 5) is 12.7. The molecule has 0 fully saturated rings. The molecule has 0 aromatic heterocycles. The molecule has 24 heavy (non-hydrogen) atoms. The topological polar surface area (TPSA) is 75.3 Å². The van der Waals surface area contributed by atoms with E-state index in [2.05, 4.69) is 10.0 Å². The van der Waals surface area contributed by atoms with Gasteiger partial charge >= 0.3 is 0 Å². The zero-order valence-corrected chi connectivity index (χ0v) is 14.8. The van der Waals surface area contributed by atoms with Crippen LogP contribution in [0.1, 0.15) is 17.5 Å². The molecule has 1 aliphatic rings. The molecule has 2 N–H and O–H groups in total. The number of benzene rings is 2. The second-order valence-corrected chi connectivity index (χ2v) is 8.52. The molecule has 2 aromatic carbocycles. The predicted molar refractivity (Wildman–Crippen MR) is 95.6 cm³/mol. The van der Waals surface area contributed by atoms with E-state index < -0.39 is 10.0 Å². The SMILES string of the molecule is Cc1cccc(CNS(=O)(=O)c2ccc3c(c2)NC(=O)CCS3)c1. The molecule has 0 aliphatic carbocycles. The number of carbonyl (C=O) groups excluding carboxylic acids is 1. The van der Waals surface area contributed by atoms with E-state index >= 15 is 0 Å². The van der Waals surface area contributed by atoms with Gasteiger partial charge in [-0.3, -0.25) is 4.79 Å². The first kappa shape index (κ1) is 17.0. The van der Waals surface area contributed by atoms with Crippen molar-refractivity contribution < 1.29 is 13.2 Å². The molecule has 3 rings (SSSR count). The Morgan fingerprint density at radius 3 is 2.83 bits per heavy atom. The van der Waals surface area contributed by atoms with E-state index in [1.165, 1.54) is 6.07 Å². The minimum atomic E-state index is -3.64. The van der Waals surface area contributed by atoms with Crippen molar-refractivity contribution in [2.24, 2.45) is 0 Å². The Labute approximate surface area is 145 Å². The van der Waals surface area contributed by atoms with Gasteiger partial charge in [0.15, 0.2) is 0 Å². The molecule has 0 unspecified atom stereocenters. The number of anilines is 1.